The molecule has 1 aromatic carbocycles. The highest BCUT2D eigenvalue weighted by molar-refractivity contribution is 5.68. The molecular weight excluding hydrogens is 192 g/mol. The number of allylic oxidation sites excluding steroid dienone is 1. The van der Waals surface area contributed by atoms with Crippen LogP contribution in [0.1, 0.15) is 12.5 Å². The lowest BCUT2D eigenvalue weighted by Crippen LogP contribution is -1.96. The molecule has 0 atom stereocenters. The van der Waals surface area contributed by atoms with Gasteiger partial charge in [-0.25, -0.2) is 0 Å². The van der Waals surface area contributed by atoms with Crippen molar-refractivity contribution in [1.82, 2.24) is 0 Å². The van der Waals surface area contributed by atoms with Gasteiger partial charge in [0.15, 0.2) is 11.5 Å². The van der Waals surface area contributed by atoms with Gasteiger partial charge in [-0.1, -0.05) is 12.2 Å². The van der Waals surface area contributed by atoms with E-state index in [1.807, 2.05) is 19.1 Å². The molecule has 0 saturated heterocycles. The molecule has 3 heteroatoms. The van der Waals surface area contributed by atoms with Crippen LogP contribution >= 0.6 is 0 Å². The van der Waals surface area contributed by atoms with Gasteiger partial charge in [-0.15, -0.1) is 0 Å². The Morgan fingerprint density at radius 2 is 1.47 bits per heavy atom. The standard InChI is InChI=1S/C12H16O3/c1-8(2)9-6-10(13-3)12(15-5)11(7-9)14-4/h6-7H,1H2,2-5H3. The largest absolute Gasteiger partial charge is 0.493 e. The maximum Gasteiger partial charge on any atom is 0.203 e. The molecule has 1 aromatic rings. The molecular formula is C12H16O3. The predicted octanol–water partition coefficient (Wildman–Crippen LogP) is 2.75. The second-order valence-corrected chi connectivity index (χ2v) is 3.19. The van der Waals surface area contributed by atoms with E-state index in [0.29, 0.717) is 17.2 Å². The molecule has 0 fully saturated rings. The topological polar surface area (TPSA) is 27.7 Å². The van der Waals surface area contributed by atoms with Crippen LogP contribution < -0.4 is 14.2 Å². The molecule has 0 aliphatic rings. The van der Waals surface area contributed by atoms with Gasteiger partial charge in [0, 0.05) is 0 Å². The molecule has 15 heavy (non-hydrogen) atoms. The van der Waals surface area contributed by atoms with Crippen LogP contribution in [0.4, 0.5) is 0 Å². The minimum atomic E-state index is 0.602. The number of rotatable bonds is 4. The lowest BCUT2D eigenvalue weighted by Gasteiger charge is -2.13. The second-order valence-electron chi connectivity index (χ2n) is 3.19. The molecule has 0 N–H and O–H groups in total. The van der Waals surface area contributed by atoms with Crippen LogP contribution in [0.2, 0.25) is 0 Å². The number of ether oxygens (including phenoxy) is 3. The molecule has 0 radical (unpaired) electrons. The minimum Gasteiger partial charge on any atom is -0.493 e. The quantitative estimate of drug-likeness (QED) is 0.761. The van der Waals surface area contributed by atoms with E-state index in [-0.39, 0.29) is 0 Å². The Morgan fingerprint density at radius 1 is 1.00 bits per heavy atom. The fraction of sp³-hybridized carbons (Fsp3) is 0.333. The highest BCUT2D eigenvalue weighted by atomic mass is 16.5. The van der Waals surface area contributed by atoms with Crippen molar-refractivity contribution in [1.29, 1.82) is 0 Å². The predicted molar refractivity (Wildman–Crippen MR) is 60.8 cm³/mol. The van der Waals surface area contributed by atoms with E-state index < -0.39 is 0 Å². The van der Waals surface area contributed by atoms with Crippen molar-refractivity contribution >= 4 is 5.57 Å². The van der Waals surface area contributed by atoms with Crippen LogP contribution in [-0.2, 0) is 0 Å². The zero-order chi connectivity index (χ0) is 11.4. The molecule has 0 amide bonds. The normalized spacial score (nSPS) is 9.60. The number of hydrogen-bond donors (Lipinski definition) is 0. The molecule has 0 aliphatic carbocycles. The van der Waals surface area contributed by atoms with Gasteiger partial charge in [0.2, 0.25) is 5.75 Å². The average molecular weight is 208 g/mol. The molecule has 0 bridgehead atoms. The third-order valence-corrected chi connectivity index (χ3v) is 2.16. The van der Waals surface area contributed by atoms with Crippen LogP contribution in [0.15, 0.2) is 18.7 Å². The summed E-state index contributed by atoms with van der Waals surface area (Å²) in [5.41, 5.74) is 1.93. The Bertz CT molecular complexity index is 344. The summed E-state index contributed by atoms with van der Waals surface area (Å²) < 4.78 is 15.7. The first-order chi connectivity index (χ1) is 7.13. The molecule has 0 saturated carbocycles. The fourth-order valence-electron chi connectivity index (χ4n) is 1.33. The van der Waals surface area contributed by atoms with E-state index in [0.717, 1.165) is 11.1 Å². The molecule has 1 rings (SSSR count). The van der Waals surface area contributed by atoms with E-state index >= 15 is 0 Å². The molecule has 0 aliphatic heterocycles. The lowest BCUT2D eigenvalue weighted by molar-refractivity contribution is 0.324. The van der Waals surface area contributed by atoms with E-state index in [9.17, 15) is 0 Å². The zero-order valence-electron chi connectivity index (χ0n) is 9.59. The van der Waals surface area contributed by atoms with E-state index in [2.05, 4.69) is 6.58 Å². The summed E-state index contributed by atoms with van der Waals surface area (Å²) in [6.07, 6.45) is 0. The summed E-state index contributed by atoms with van der Waals surface area (Å²) in [6.45, 7) is 5.81. The van der Waals surface area contributed by atoms with Crippen LogP contribution in [0.25, 0.3) is 5.57 Å². The maximum absolute atomic E-state index is 5.22. The average Bonchev–Trinajstić information content (AvgIpc) is 2.26. The van der Waals surface area contributed by atoms with Crippen molar-refractivity contribution in [2.75, 3.05) is 21.3 Å². The minimum absolute atomic E-state index is 0.602. The van der Waals surface area contributed by atoms with Crippen LogP contribution in [0, 0.1) is 0 Å². The Kier molecular flexibility index (Phi) is 3.61. The number of methoxy groups -OCH3 is 3. The highest BCUT2D eigenvalue weighted by Crippen LogP contribution is 2.39. The lowest BCUT2D eigenvalue weighted by atomic mass is 10.1. The van der Waals surface area contributed by atoms with Gasteiger partial charge in [0.1, 0.15) is 0 Å². The highest BCUT2D eigenvalue weighted by Gasteiger charge is 2.12. The van der Waals surface area contributed by atoms with Crippen LogP contribution in [-0.4, -0.2) is 21.3 Å². The third-order valence-electron chi connectivity index (χ3n) is 2.16. The van der Waals surface area contributed by atoms with E-state index in [1.165, 1.54) is 0 Å². The van der Waals surface area contributed by atoms with Crippen molar-refractivity contribution in [3.8, 4) is 17.2 Å². The summed E-state index contributed by atoms with van der Waals surface area (Å²) in [5, 5.41) is 0. The summed E-state index contributed by atoms with van der Waals surface area (Å²) in [6, 6.07) is 3.76. The first kappa shape index (κ1) is 11.4. The van der Waals surface area contributed by atoms with E-state index in [1.54, 1.807) is 21.3 Å². The zero-order valence-corrected chi connectivity index (χ0v) is 9.59. The van der Waals surface area contributed by atoms with Crippen LogP contribution in [0.3, 0.4) is 0 Å². The SMILES string of the molecule is C=C(C)c1cc(OC)c(OC)c(OC)c1. The smallest absolute Gasteiger partial charge is 0.203 e. The van der Waals surface area contributed by atoms with Gasteiger partial charge in [-0.05, 0) is 24.6 Å². The molecule has 0 unspecified atom stereocenters. The molecule has 3 nitrogen and oxygen atoms in total. The van der Waals surface area contributed by atoms with Crippen LogP contribution in [0.5, 0.6) is 17.2 Å². The third kappa shape index (κ3) is 2.24. The number of hydrogen-bond acceptors (Lipinski definition) is 3. The molecule has 82 valence electrons. The Labute approximate surface area is 90.3 Å². The van der Waals surface area contributed by atoms with Crippen molar-refractivity contribution in [3.05, 3.63) is 24.3 Å². The monoisotopic (exact) mass is 208 g/mol. The summed E-state index contributed by atoms with van der Waals surface area (Å²) >= 11 is 0. The summed E-state index contributed by atoms with van der Waals surface area (Å²) in [7, 11) is 4.78. The molecule has 0 heterocycles. The Balaban J connectivity index is 3.35. The number of benzene rings is 1. The van der Waals surface area contributed by atoms with Gasteiger partial charge in [0.25, 0.3) is 0 Å². The Hall–Kier alpha value is -1.64. The second kappa shape index (κ2) is 4.73. The summed E-state index contributed by atoms with van der Waals surface area (Å²) in [5.74, 6) is 1.90. The van der Waals surface area contributed by atoms with Gasteiger partial charge in [0.05, 0.1) is 21.3 Å². The first-order valence-corrected chi connectivity index (χ1v) is 4.60. The van der Waals surface area contributed by atoms with Crippen molar-refractivity contribution in [3.63, 3.8) is 0 Å². The fourth-order valence-corrected chi connectivity index (χ4v) is 1.33. The molecule has 0 spiro atoms. The van der Waals surface area contributed by atoms with Gasteiger partial charge in [-0.2, -0.15) is 0 Å². The van der Waals surface area contributed by atoms with Crippen molar-refractivity contribution < 1.29 is 14.2 Å². The maximum atomic E-state index is 5.22. The molecule has 0 aromatic heterocycles. The van der Waals surface area contributed by atoms with Gasteiger partial charge >= 0.3 is 0 Å². The summed E-state index contributed by atoms with van der Waals surface area (Å²) in [4.78, 5) is 0. The Morgan fingerprint density at radius 3 is 1.73 bits per heavy atom. The van der Waals surface area contributed by atoms with Gasteiger partial charge in [-0.3, -0.25) is 0 Å². The van der Waals surface area contributed by atoms with E-state index in [4.69, 9.17) is 14.2 Å². The first-order valence-electron chi connectivity index (χ1n) is 4.60. The van der Waals surface area contributed by atoms with Gasteiger partial charge < -0.3 is 14.2 Å². The van der Waals surface area contributed by atoms with Crippen molar-refractivity contribution in [2.24, 2.45) is 0 Å². The van der Waals surface area contributed by atoms with Crippen molar-refractivity contribution in [2.45, 2.75) is 6.92 Å².